The van der Waals surface area contributed by atoms with Crippen molar-refractivity contribution in [3.05, 3.63) is 41.1 Å². The van der Waals surface area contributed by atoms with E-state index < -0.39 is 0 Å². The summed E-state index contributed by atoms with van der Waals surface area (Å²) in [6, 6.07) is 9.57. The van der Waals surface area contributed by atoms with Crippen molar-refractivity contribution in [1.82, 2.24) is 4.90 Å². The summed E-state index contributed by atoms with van der Waals surface area (Å²) in [6.45, 7) is 2.53. The number of carbonyl (C=O) groups excluding carboxylic acids is 2. The van der Waals surface area contributed by atoms with Crippen molar-refractivity contribution in [1.29, 1.82) is 0 Å². The molecule has 0 aromatic heterocycles. The maximum absolute atomic E-state index is 12.9. The molecule has 0 N–H and O–H groups in total. The third kappa shape index (κ3) is 2.88. The van der Waals surface area contributed by atoms with Gasteiger partial charge in [0, 0.05) is 18.3 Å². The van der Waals surface area contributed by atoms with Crippen molar-refractivity contribution >= 4 is 29.1 Å². The van der Waals surface area contributed by atoms with Crippen LogP contribution in [0.25, 0.3) is 0 Å². The zero-order valence-electron chi connectivity index (χ0n) is 13.3. The molecule has 5 heteroatoms. The summed E-state index contributed by atoms with van der Waals surface area (Å²) in [4.78, 5) is 28.7. The molecule has 1 heterocycles. The predicted molar refractivity (Wildman–Crippen MR) is 91.1 cm³/mol. The Hall–Kier alpha value is -1.81. The van der Waals surface area contributed by atoms with Crippen LogP contribution in [0.5, 0.6) is 0 Å². The Morgan fingerprint density at radius 2 is 1.74 bits per heavy atom. The van der Waals surface area contributed by atoms with Gasteiger partial charge in [0.05, 0.1) is 0 Å². The number of nitrogens with zero attached hydrogens (tertiary/aromatic N) is 2. The van der Waals surface area contributed by atoms with Crippen LogP contribution in [0.3, 0.4) is 0 Å². The lowest BCUT2D eigenvalue weighted by molar-refractivity contribution is -0.140. The van der Waals surface area contributed by atoms with Gasteiger partial charge in [-0.25, -0.2) is 0 Å². The molecule has 1 saturated carbocycles. The molecule has 3 rings (SSSR count). The van der Waals surface area contributed by atoms with Gasteiger partial charge < -0.3 is 4.90 Å². The molecule has 2 aliphatic rings. The highest BCUT2D eigenvalue weighted by atomic mass is 35.5. The van der Waals surface area contributed by atoms with Crippen LogP contribution in [-0.2, 0) is 9.59 Å². The minimum Gasteiger partial charge on any atom is -0.336 e. The number of hydrogen-bond acceptors (Lipinski definition) is 3. The number of para-hydroxylation sites is 1. The quantitative estimate of drug-likeness (QED) is 0.790. The first-order valence-corrected chi connectivity index (χ1v) is 8.63. The SMILES string of the molecule is CCN(C1=C(Cl)C(=O)N(C2CCCCC2)C1=O)c1ccccc1. The van der Waals surface area contributed by atoms with Gasteiger partial charge >= 0.3 is 0 Å². The Balaban J connectivity index is 1.92. The first-order chi connectivity index (χ1) is 11.1. The number of carbonyl (C=O) groups is 2. The Kier molecular flexibility index (Phi) is 4.71. The molecule has 1 aliphatic heterocycles. The standard InChI is InChI=1S/C18H21ClN2O2/c1-2-20(13-9-5-3-6-10-13)16-15(19)17(22)21(18(16)23)14-11-7-4-8-12-14/h3,5-6,9-10,14H,2,4,7-8,11-12H2,1H3. The number of benzene rings is 1. The lowest BCUT2D eigenvalue weighted by atomic mass is 9.94. The largest absolute Gasteiger partial charge is 0.336 e. The molecule has 0 saturated heterocycles. The normalized spacial score (nSPS) is 19.7. The van der Waals surface area contributed by atoms with E-state index in [4.69, 9.17) is 11.6 Å². The molecule has 1 aromatic rings. The second-order valence-electron chi connectivity index (χ2n) is 6.01. The van der Waals surface area contributed by atoms with Crippen LogP contribution in [0.4, 0.5) is 5.69 Å². The number of anilines is 1. The molecule has 4 nitrogen and oxygen atoms in total. The minimum absolute atomic E-state index is 0.00974. The molecule has 1 aromatic carbocycles. The Morgan fingerprint density at radius 1 is 1.09 bits per heavy atom. The third-order valence-electron chi connectivity index (χ3n) is 4.63. The molecule has 0 radical (unpaired) electrons. The highest BCUT2D eigenvalue weighted by Gasteiger charge is 2.43. The van der Waals surface area contributed by atoms with E-state index in [0.29, 0.717) is 12.2 Å². The molecule has 23 heavy (non-hydrogen) atoms. The summed E-state index contributed by atoms with van der Waals surface area (Å²) >= 11 is 6.29. The summed E-state index contributed by atoms with van der Waals surface area (Å²) in [7, 11) is 0. The molecule has 122 valence electrons. The van der Waals surface area contributed by atoms with Gasteiger partial charge in [-0.2, -0.15) is 0 Å². The molecule has 2 amide bonds. The summed E-state index contributed by atoms with van der Waals surface area (Å²) in [5.74, 6) is -0.592. The van der Waals surface area contributed by atoms with Gasteiger partial charge in [0.25, 0.3) is 11.8 Å². The Labute approximate surface area is 141 Å². The van der Waals surface area contributed by atoms with Crippen LogP contribution >= 0.6 is 11.6 Å². The second-order valence-corrected chi connectivity index (χ2v) is 6.39. The summed E-state index contributed by atoms with van der Waals surface area (Å²) in [5.41, 5.74) is 1.19. The van der Waals surface area contributed by atoms with Gasteiger partial charge in [-0.05, 0) is 31.9 Å². The average molecular weight is 333 g/mol. The van der Waals surface area contributed by atoms with Crippen LogP contribution < -0.4 is 4.90 Å². The van der Waals surface area contributed by atoms with E-state index in [0.717, 1.165) is 31.4 Å². The lowest BCUT2D eigenvalue weighted by Crippen LogP contribution is -2.43. The van der Waals surface area contributed by atoms with Crippen molar-refractivity contribution in [3.63, 3.8) is 0 Å². The molecule has 1 aliphatic carbocycles. The highest BCUT2D eigenvalue weighted by molar-refractivity contribution is 6.48. The fourth-order valence-electron chi connectivity index (χ4n) is 3.49. The van der Waals surface area contributed by atoms with Crippen molar-refractivity contribution in [2.45, 2.75) is 45.1 Å². The van der Waals surface area contributed by atoms with Crippen molar-refractivity contribution in [3.8, 4) is 0 Å². The van der Waals surface area contributed by atoms with E-state index in [1.54, 1.807) is 0 Å². The smallest absolute Gasteiger partial charge is 0.279 e. The number of likely N-dealkylation sites (N-methyl/N-ethyl adjacent to an activating group) is 1. The number of amides is 2. The Morgan fingerprint density at radius 3 is 2.35 bits per heavy atom. The van der Waals surface area contributed by atoms with Gasteiger partial charge in [0.2, 0.25) is 0 Å². The van der Waals surface area contributed by atoms with Gasteiger partial charge in [-0.1, -0.05) is 49.1 Å². The van der Waals surface area contributed by atoms with E-state index in [-0.39, 0.29) is 22.9 Å². The van der Waals surface area contributed by atoms with Crippen LogP contribution in [0.1, 0.15) is 39.0 Å². The molecular formula is C18H21ClN2O2. The number of rotatable bonds is 4. The number of imide groups is 1. The van der Waals surface area contributed by atoms with Crippen LogP contribution in [0.15, 0.2) is 41.1 Å². The minimum atomic E-state index is -0.340. The molecule has 0 atom stereocenters. The first kappa shape index (κ1) is 16.1. The van der Waals surface area contributed by atoms with E-state index in [1.165, 1.54) is 11.3 Å². The highest BCUT2D eigenvalue weighted by Crippen LogP contribution is 2.34. The monoisotopic (exact) mass is 332 g/mol. The fraction of sp³-hybridized carbons (Fsp3) is 0.444. The fourth-order valence-corrected chi connectivity index (χ4v) is 3.76. The first-order valence-electron chi connectivity index (χ1n) is 8.25. The zero-order chi connectivity index (χ0) is 16.4. The molecule has 0 spiro atoms. The van der Waals surface area contributed by atoms with E-state index in [1.807, 2.05) is 42.2 Å². The van der Waals surface area contributed by atoms with Crippen molar-refractivity contribution in [2.24, 2.45) is 0 Å². The molecular weight excluding hydrogens is 312 g/mol. The summed E-state index contributed by atoms with van der Waals surface area (Å²) in [6.07, 6.45) is 5.06. The van der Waals surface area contributed by atoms with Gasteiger partial charge in [-0.15, -0.1) is 0 Å². The predicted octanol–water partition coefficient (Wildman–Crippen LogP) is 3.66. The number of hydrogen-bond donors (Lipinski definition) is 0. The maximum atomic E-state index is 12.9. The van der Waals surface area contributed by atoms with Crippen molar-refractivity contribution in [2.75, 3.05) is 11.4 Å². The topological polar surface area (TPSA) is 40.6 Å². The van der Waals surface area contributed by atoms with Crippen LogP contribution in [-0.4, -0.2) is 29.3 Å². The van der Waals surface area contributed by atoms with E-state index >= 15 is 0 Å². The summed E-state index contributed by atoms with van der Waals surface area (Å²) < 4.78 is 0. The van der Waals surface area contributed by atoms with E-state index in [2.05, 4.69) is 0 Å². The molecule has 0 bridgehead atoms. The molecule has 1 fully saturated rings. The maximum Gasteiger partial charge on any atom is 0.279 e. The third-order valence-corrected chi connectivity index (χ3v) is 4.97. The number of halogens is 1. The molecule has 0 unspecified atom stereocenters. The Bertz CT molecular complexity index is 636. The summed E-state index contributed by atoms with van der Waals surface area (Å²) in [5, 5.41) is 0.0475. The van der Waals surface area contributed by atoms with Gasteiger partial charge in [0.15, 0.2) is 0 Å². The zero-order valence-corrected chi connectivity index (χ0v) is 14.1. The van der Waals surface area contributed by atoms with Crippen LogP contribution in [0.2, 0.25) is 0 Å². The van der Waals surface area contributed by atoms with Crippen molar-refractivity contribution < 1.29 is 9.59 Å². The van der Waals surface area contributed by atoms with E-state index in [9.17, 15) is 9.59 Å². The second kappa shape index (κ2) is 6.75. The van der Waals surface area contributed by atoms with Gasteiger partial charge in [-0.3, -0.25) is 14.5 Å². The average Bonchev–Trinajstić information content (AvgIpc) is 2.81. The lowest BCUT2D eigenvalue weighted by Gasteiger charge is -2.31. The van der Waals surface area contributed by atoms with Gasteiger partial charge in [0.1, 0.15) is 10.7 Å². The van der Waals surface area contributed by atoms with Crippen LogP contribution in [0, 0.1) is 0 Å².